The summed E-state index contributed by atoms with van der Waals surface area (Å²) in [7, 11) is 1.29. The molecule has 0 N–H and O–H groups in total. The third kappa shape index (κ3) is 1.76. The van der Waals surface area contributed by atoms with Gasteiger partial charge < -0.3 is 0 Å². The van der Waals surface area contributed by atoms with Crippen LogP contribution in [-0.4, -0.2) is 0 Å². The quantitative estimate of drug-likeness (QED) is 0.542. The molecular formula is C6H4Cl2S2. The van der Waals surface area contributed by atoms with Gasteiger partial charge in [-0.05, 0) is 12.1 Å². The SMILES string of the molecule is SSc1cccc(Cl)c1Cl. The lowest BCUT2D eigenvalue weighted by atomic mass is 10.4. The lowest BCUT2D eigenvalue weighted by Crippen LogP contribution is -1.70. The molecule has 0 spiro atoms. The van der Waals surface area contributed by atoms with Crippen molar-refractivity contribution in [1.29, 1.82) is 0 Å². The van der Waals surface area contributed by atoms with Gasteiger partial charge in [0.2, 0.25) is 0 Å². The Bertz CT molecular complexity index is 237. The summed E-state index contributed by atoms with van der Waals surface area (Å²) in [6.45, 7) is 0. The van der Waals surface area contributed by atoms with Gasteiger partial charge in [0.1, 0.15) is 0 Å². The molecule has 0 amide bonds. The van der Waals surface area contributed by atoms with Crippen LogP contribution < -0.4 is 0 Å². The van der Waals surface area contributed by atoms with E-state index >= 15 is 0 Å². The van der Waals surface area contributed by atoms with Crippen molar-refractivity contribution in [2.24, 2.45) is 0 Å². The highest BCUT2D eigenvalue weighted by molar-refractivity contribution is 8.68. The molecule has 1 rings (SSSR count). The fourth-order valence-corrected chi connectivity index (χ4v) is 1.97. The zero-order valence-corrected chi connectivity index (χ0v) is 8.07. The number of hydrogen-bond donors (Lipinski definition) is 1. The first kappa shape index (κ1) is 8.60. The minimum atomic E-state index is 0.570. The van der Waals surface area contributed by atoms with Crippen LogP contribution in [0.15, 0.2) is 23.1 Å². The Kier molecular flexibility index (Phi) is 3.24. The van der Waals surface area contributed by atoms with Crippen LogP contribution in [0, 0.1) is 0 Å². The van der Waals surface area contributed by atoms with Crippen LogP contribution in [0.4, 0.5) is 0 Å². The van der Waals surface area contributed by atoms with Crippen molar-refractivity contribution in [2.75, 3.05) is 0 Å². The normalized spacial score (nSPS) is 9.90. The molecule has 10 heavy (non-hydrogen) atoms. The molecule has 1 aromatic carbocycles. The van der Waals surface area contributed by atoms with Crippen LogP contribution in [0.25, 0.3) is 0 Å². The van der Waals surface area contributed by atoms with Crippen molar-refractivity contribution in [3.05, 3.63) is 28.2 Å². The van der Waals surface area contributed by atoms with Crippen molar-refractivity contribution >= 4 is 45.7 Å². The average molecular weight is 211 g/mol. The third-order valence-corrected chi connectivity index (χ3v) is 3.07. The van der Waals surface area contributed by atoms with E-state index < -0.39 is 0 Å². The highest BCUT2D eigenvalue weighted by atomic mass is 35.5. The second-order valence-electron chi connectivity index (χ2n) is 1.64. The molecule has 0 atom stereocenters. The number of hydrogen-bond acceptors (Lipinski definition) is 2. The standard InChI is InChI=1S/C6H4Cl2S2/c7-4-2-1-3-5(10-9)6(4)8/h1-3,9H. The second-order valence-corrected chi connectivity index (χ2v) is 3.60. The summed E-state index contributed by atoms with van der Waals surface area (Å²) in [5.74, 6) is 0. The molecule has 0 aliphatic rings. The summed E-state index contributed by atoms with van der Waals surface area (Å²) < 4.78 is 0. The predicted molar refractivity (Wildman–Crippen MR) is 51.3 cm³/mol. The monoisotopic (exact) mass is 210 g/mol. The summed E-state index contributed by atoms with van der Waals surface area (Å²) in [5.41, 5.74) is 0. The Hall–Kier alpha value is 0.500. The van der Waals surface area contributed by atoms with Crippen LogP contribution in [0.5, 0.6) is 0 Å². The lowest BCUT2D eigenvalue weighted by molar-refractivity contribution is 1.48. The van der Waals surface area contributed by atoms with Crippen molar-refractivity contribution in [2.45, 2.75) is 4.90 Å². The van der Waals surface area contributed by atoms with Crippen LogP contribution in [0.1, 0.15) is 0 Å². The van der Waals surface area contributed by atoms with Gasteiger partial charge in [-0.3, -0.25) is 0 Å². The van der Waals surface area contributed by atoms with Crippen LogP contribution in [0.3, 0.4) is 0 Å². The first-order valence-corrected chi connectivity index (χ1v) is 5.13. The first-order valence-electron chi connectivity index (χ1n) is 2.51. The molecule has 0 radical (unpaired) electrons. The second kappa shape index (κ2) is 3.77. The van der Waals surface area contributed by atoms with Crippen LogP contribution in [0.2, 0.25) is 10.0 Å². The molecule has 0 aromatic heterocycles. The van der Waals surface area contributed by atoms with Gasteiger partial charge in [-0.25, -0.2) is 0 Å². The molecule has 0 saturated heterocycles. The maximum atomic E-state index is 5.79. The molecule has 4 heteroatoms. The van der Waals surface area contributed by atoms with Gasteiger partial charge >= 0.3 is 0 Å². The molecule has 0 aliphatic carbocycles. The summed E-state index contributed by atoms with van der Waals surface area (Å²) in [4.78, 5) is 0.887. The van der Waals surface area contributed by atoms with E-state index in [0.29, 0.717) is 10.0 Å². The zero-order chi connectivity index (χ0) is 7.56. The molecule has 0 heterocycles. The van der Waals surface area contributed by atoms with E-state index in [9.17, 15) is 0 Å². The topological polar surface area (TPSA) is 0 Å². The van der Waals surface area contributed by atoms with Crippen molar-refractivity contribution in [3.63, 3.8) is 0 Å². The minimum absolute atomic E-state index is 0.570. The van der Waals surface area contributed by atoms with Crippen molar-refractivity contribution in [3.8, 4) is 0 Å². The van der Waals surface area contributed by atoms with E-state index in [1.165, 1.54) is 10.8 Å². The van der Waals surface area contributed by atoms with E-state index in [1.807, 2.05) is 12.1 Å². The summed E-state index contributed by atoms with van der Waals surface area (Å²) in [6.07, 6.45) is 0. The van der Waals surface area contributed by atoms with E-state index in [-0.39, 0.29) is 0 Å². The van der Waals surface area contributed by atoms with Gasteiger partial charge in [0, 0.05) is 4.90 Å². The zero-order valence-electron chi connectivity index (χ0n) is 4.84. The Morgan fingerprint density at radius 3 is 2.50 bits per heavy atom. The van der Waals surface area contributed by atoms with Gasteiger partial charge in [0.15, 0.2) is 0 Å². The minimum Gasteiger partial charge on any atom is -0.106 e. The highest BCUT2D eigenvalue weighted by Gasteiger charge is 2.01. The Morgan fingerprint density at radius 1 is 1.30 bits per heavy atom. The fourth-order valence-electron chi connectivity index (χ4n) is 0.555. The van der Waals surface area contributed by atoms with E-state index in [1.54, 1.807) is 6.07 Å². The molecule has 54 valence electrons. The Balaban J connectivity index is 3.14. The lowest BCUT2D eigenvalue weighted by Gasteiger charge is -1.98. The van der Waals surface area contributed by atoms with Gasteiger partial charge in [-0.1, -0.05) is 40.1 Å². The molecule has 0 fully saturated rings. The Labute approximate surface area is 78.7 Å². The summed E-state index contributed by atoms with van der Waals surface area (Å²) in [6, 6.07) is 5.45. The number of benzene rings is 1. The Morgan fingerprint density at radius 2 is 2.00 bits per heavy atom. The highest BCUT2D eigenvalue weighted by Crippen LogP contribution is 2.34. The largest absolute Gasteiger partial charge is 0.106 e. The maximum Gasteiger partial charge on any atom is 0.0736 e. The van der Waals surface area contributed by atoms with Gasteiger partial charge in [-0.15, -0.1) is 11.7 Å². The molecular weight excluding hydrogens is 207 g/mol. The molecule has 0 aliphatic heterocycles. The van der Waals surface area contributed by atoms with Crippen molar-refractivity contribution in [1.82, 2.24) is 0 Å². The van der Waals surface area contributed by atoms with Crippen LogP contribution >= 0.6 is 45.7 Å². The van der Waals surface area contributed by atoms with Gasteiger partial charge in [0.25, 0.3) is 0 Å². The van der Waals surface area contributed by atoms with E-state index in [2.05, 4.69) is 11.7 Å². The average Bonchev–Trinajstić information content (AvgIpc) is 1.95. The number of rotatable bonds is 1. The van der Waals surface area contributed by atoms with Crippen LogP contribution in [-0.2, 0) is 0 Å². The first-order chi connectivity index (χ1) is 4.75. The predicted octanol–water partition coefficient (Wildman–Crippen LogP) is 3.93. The van der Waals surface area contributed by atoms with E-state index in [0.717, 1.165) is 4.90 Å². The van der Waals surface area contributed by atoms with E-state index in [4.69, 9.17) is 23.2 Å². The fraction of sp³-hybridized carbons (Fsp3) is 0. The number of halogens is 2. The molecule has 0 saturated carbocycles. The molecule has 0 nitrogen and oxygen atoms in total. The summed E-state index contributed by atoms with van der Waals surface area (Å²) >= 11 is 15.5. The summed E-state index contributed by atoms with van der Waals surface area (Å²) in [5, 5.41) is 1.14. The molecule has 0 unspecified atom stereocenters. The van der Waals surface area contributed by atoms with Crippen molar-refractivity contribution < 1.29 is 0 Å². The molecule has 1 aromatic rings. The smallest absolute Gasteiger partial charge is 0.0736 e. The number of thiol groups is 1. The van der Waals surface area contributed by atoms with Gasteiger partial charge in [0.05, 0.1) is 10.0 Å². The van der Waals surface area contributed by atoms with Gasteiger partial charge in [-0.2, -0.15) is 0 Å². The third-order valence-electron chi connectivity index (χ3n) is 1.01. The maximum absolute atomic E-state index is 5.79. The molecule has 0 bridgehead atoms.